The smallest absolute Gasteiger partial charge is 0.306 e. The number of carboxylic acid groups (broad SMARTS) is 1. The lowest BCUT2D eigenvalue weighted by Gasteiger charge is -2.15. The number of Topliss-reactive ketones (excluding diaryl/α,β-unsaturated/α-hetero) is 1. The fourth-order valence-electron chi connectivity index (χ4n) is 1.69. The van der Waals surface area contributed by atoms with Crippen LogP contribution in [0, 0.1) is 11.8 Å². The number of carboxylic acids is 1. The maximum absolute atomic E-state index is 12.2. The van der Waals surface area contributed by atoms with Crippen molar-refractivity contribution in [3.05, 3.63) is 28.2 Å². The zero-order valence-corrected chi connectivity index (χ0v) is 13.4. The van der Waals surface area contributed by atoms with Gasteiger partial charge in [-0.05, 0) is 40.5 Å². The molecular formula is C15H19BrO4. The van der Waals surface area contributed by atoms with E-state index in [2.05, 4.69) is 15.9 Å². The van der Waals surface area contributed by atoms with Gasteiger partial charge in [0.1, 0.15) is 5.75 Å². The summed E-state index contributed by atoms with van der Waals surface area (Å²) in [6.45, 7) is 5.80. The van der Waals surface area contributed by atoms with Gasteiger partial charge in [0, 0.05) is 11.5 Å². The summed E-state index contributed by atoms with van der Waals surface area (Å²) in [4.78, 5) is 23.2. The molecule has 0 amide bonds. The topological polar surface area (TPSA) is 63.6 Å². The van der Waals surface area contributed by atoms with Gasteiger partial charge >= 0.3 is 5.97 Å². The van der Waals surface area contributed by atoms with Crippen LogP contribution in [-0.2, 0) is 4.79 Å². The van der Waals surface area contributed by atoms with Crippen molar-refractivity contribution in [1.82, 2.24) is 0 Å². The first-order chi connectivity index (χ1) is 9.38. The maximum Gasteiger partial charge on any atom is 0.306 e. The summed E-state index contributed by atoms with van der Waals surface area (Å²) in [5.74, 6) is -1.74. The number of rotatable bonds is 7. The lowest BCUT2D eigenvalue weighted by Crippen LogP contribution is -2.25. The molecule has 4 nitrogen and oxygen atoms in total. The van der Waals surface area contributed by atoms with E-state index in [0.717, 1.165) is 6.42 Å². The van der Waals surface area contributed by atoms with E-state index in [1.54, 1.807) is 32.0 Å². The lowest BCUT2D eigenvalue weighted by atomic mass is 9.88. The highest BCUT2D eigenvalue weighted by molar-refractivity contribution is 9.10. The molecule has 0 aromatic heterocycles. The fraction of sp³-hybridized carbons (Fsp3) is 0.467. The number of aliphatic carboxylic acids is 1. The molecule has 0 fully saturated rings. The van der Waals surface area contributed by atoms with Crippen LogP contribution in [-0.4, -0.2) is 23.5 Å². The summed E-state index contributed by atoms with van der Waals surface area (Å²) in [6.07, 6.45) is 0.903. The number of carbonyl (C=O) groups is 2. The van der Waals surface area contributed by atoms with Crippen LogP contribution in [0.2, 0.25) is 0 Å². The Kier molecular flexibility index (Phi) is 6.20. The zero-order valence-electron chi connectivity index (χ0n) is 11.9. The van der Waals surface area contributed by atoms with Crippen molar-refractivity contribution in [2.24, 2.45) is 11.8 Å². The molecule has 0 aliphatic heterocycles. The van der Waals surface area contributed by atoms with Gasteiger partial charge in [0.15, 0.2) is 5.78 Å². The van der Waals surface area contributed by atoms with Gasteiger partial charge in [0.25, 0.3) is 0 Å². The van der Waals surface area contributed by atoms with E-state index in [9.17, 15) is 9.59 Å². The van der Waals surface area contributed by atoms with Crippen molar-refractivity contribution >= 4 is 27.7 Å². The quantitative estimate of drug-likeness (QED) is 0.766. The molecular weight excluding hydrogens is 324 g/mol. The van der Waals surface area contributed by atoms with E-state index in [1.165, 1.54) is 0 Å². The average Bonchev–Trinajstić information content (AvgIpc) is 2.43. The number of hydrogen-bond acceptors (Lipinski definition) is 3. The Hall–Kier alpha value is -1.36. The fourth-order valence-corrected chi connectivity index (χ4v) is 2.18. The van der Waals surface area contributed by atoms with Crippen molar-refractivity contribution in [2.75, 3.05) is 6.61 Å². The largest absolute Gasteiger partial charge is 0.492 e. The minimum absolute atomic E-state index is 0.178. The molecule has 0 aliphatic carbocycles. The summed E-state index contributed by atoms with van der Waals surface area (Å²) < 4.78 is 6.22. The third-order valence-electron chi connectivity index (χ3n) is 3.23. The Morgan fingerprint density at radius 1 is 1.30 bits per heavy atom. The molecule has 0 aliphatic rings. The molecule has 2 atom stereocenters. The minimum Gasteiger partial charge on any atom is -0.492 e. The molecule has 1 aromatic rings. The molecule has 1 rings (SSSR count). The number of ether oxygens (including phenoxy) is 1. The van der Waals surface area contributed by atoms with Crippen LogP contribution >= 0.6 is 15.9 Å². The van der Waals surface area contributed by atoms with Gasteiger partial charge in [-0.15, -0.1) is 0 Å². The summed E-state index contributed by atoms with van der Waals surface area (Å²) in [5.41, 5.74) is 0.487. The van der Waals surface area contributed by atoms with E-state index in [4.69, 9.17) is 9.84 Å². The van der Waals surface area contributed by atoms with Crippen molar-refractivity contribution in [1.29, 1.82) is 0 Å². The van der Waals surface area contributed by atoms with Crippen LogP contribution < -0.4 is 4.74 Å². The third kappa shape index (κ3) is 4.07. The Labute approximate surface area is 127 Å². The van der Waals surface area contributed by atoms with E-state index in [-0.39, 0.29) is 5.78 Å². The highest BCUT2D eigenvalue weighted by Crippen LogP contribution is 2.28. The first-order valence-electron chi connectivity index (χ1n) is 6.57. The standard InChI is InChI=1S/C15H19BrO4/c1-4-7-20-13-6-5-11(8-12(13)16)14(17)9(2)10(3)15(18)19/h5-6,8-10H,4,7H2,1-3H3,(H,18,19). The summed E-state index contributed by atoms with van der Waals surface area (Å²) in [5, 5.41) is 8.96. The number of halogens is 1. The van der Waals surface area contributed by atoms with E-state index < -0.39 is 17.8 Å². The minimum atomic E-state index is -0.965. The molecule has 5 heteroatoms. The average molecular weight is 343 g/mol. The summed E-state index contributed by atoms with van der Waals surface area (Å²) >= 11 is 3.37. The molecule has 0 spiro atoms. The Morgan fingerprint density at radius 3 is 2.45 bits per heavy atom. The predicted octanol–water partition coefficient (Wildman–Crippen LogP) is 3.78. The van der Waals surface area contributed by atoms with Crippen molar-refractivity contribution < 1.29 is 19.4 Å². The SMILES string of the molecule is CCCOc1ccc(C(=O)C(C)C(C)C(=O)O)cc1Br. The van der Waals surface area contributed by atoms with Crippen LogP contribution in [0.25, 0.3) is 0 Å². The third-order valence-corrected chi connectivity index (χ3v) is 3.85. The van der Waals surface area contributed by atoms with Gasteiger partial charge in [-0.1, -0.05) is 20.8 Å². The highest BCUT2D eigenvalue weighted by atomic mass is 79.9. The number of hydrogen-bond donors (Lipinski definition) is 1. The van der Waals surface area contributed by atoms with Crippen LogP contribution in [0.3, 0.4) is 0 Å². The molecule has 0 saturated heterocycles. The first-order valence-corrected chi connectivity index (χ1v) is 7.37. The number of carbonyl (C=O) groups excluding carboxylic acids is 1. The maximum atomic E-state index is 12.2. The lowest BCUT2D eigenvalue weighted by molar-refractivity contribution is -0.142. The molecule has 110 valence electrons. The molecule has 0 radical (unpaired) electrons. The van der Waals surface area contributed by atoms with Crippen molar-refractivity contribution in [2.45, 2.75) is 27.2 Å². The van der Waals surface area contributed by atoms with Crippen LogP contribution in [0.4, 0.5) is 0 Å². The second-order valence-electron chi connectivity index (χ2n) is 4.77. The second-order valence-corrected chi connectivity index (χ2v) is 5.63. The van der Waals surface area contributed by atoms with Gasteiger partial charge < -0.3 is 9.84 Å². The van der Waals surface area contributed by atoms with Gasteiger partial charge in [-0.25, -0.2) is 0 Å². The van der Waals surface area contributed by atoms with E-state index >= 15 is 0 Å². The molecule has 1 N–H and O–H groups in total. The predicted molar refractivity (Wildman–Crippen MR) is 80.2 cm³/mol. The normalized spacial score (nSPS) is 13.6. The first kappa shape index (κ1) is 16.7. The summed E-state index contributed by atoms with van der Waals surface area (Å²) in [6, 6.07) is 5.08. The molecule has 0 saturated carbocycles. The molecule has 20 heavy (non-hydrogen) atoms. The number of ketones is 1. The van der Waals surface area contributed by atoms with E-state index in [1.807, 2.05) is 6.92 Å². The Morgan fingerprint density at radius 2 is 1.95 bits per heavy atom. The number of benzene rings is 1. The summed E-state index contributed by atoms with van der Waals surface area (Å²) in [7, 11) is 0. The Bertz CT molecular complexity index is 499. The van der Waals surface area contributed by atoms with Crippen LogP contribution in [0.1, 0.15) is 37.6 Å². The molecule has 1 aromatic carbocycles. The monoisotopic (exact) mass is 342 g/mol. The van der Waals surface area contributed by atoms with Gasteiger partial charge in [-0.2, -0.15) is 0 Å². The highest BCUT2D eigenvalue weighted by Gasteiger charge is 2.26. The zero-order chi connectivity index (χ0) is 15.3. The van der Waals surface area contributed by atoms with Gasteiger partial charge in [-0.3, -0.25) is 9.59 Å². The van der Waals surface area contributed by atoms with Gasteiger partial charge in [0.2, 0.25) is 0 Å². The van der Waals surface area contributed by atoms with Crippen LogP contribution in [0.15, 0.2) is 22.7 Å². The Balaban J connectivity index is 2.89. The second kappa shape index (κ2) is 7.43. The molecule has 0 bridgehead atoms. The van der Waals surface area contributed by atoms with Crippen LogP contribution in [0.5, 0.6) is 5.75 Å². The molecule has 2 unspecified atom stereocenters. The van der Waals surface area contributed by atoms with Gasteiger partial charge in [0.05, 0.1) is 17.0 Å². The van der Waals surface area contributed by atoms with Crippen molar-refractivity contribution in [3.8, 4) is 5.75 Å². The van der Waals surface area contributed by atoms with E-state index in [0.29, 0.717) is 22.4 Å². The molecule has 0 heterocycles. The van der Waals surface area contributed by atoms with Crippen molar-refractivity contribution in [3.63, 3.8) is 0 Å².